The Morgan fingerprint density at radius 1 is 1.39 bits per heavy atom. The number of anilines is 1. The van der Waals surface area contributed by atoms with Gasteiger partial charge in [0.2, 0.25) is 0 Å². The van der Waals surface area contributed by atoms with Crippen LogP contribution in [0.4, 0.5) is 10.1 Å². The maximum absolute atomic E-state index is 15.1. The number of benzene rings is 1. The van der Waals surface area contributed by atoms with Gasteiger partial charge in [-0.05, 0) is 49.1 Å². The molecule has 7 nitrogen and oxygen atoms in total. The topological polar surface area (TPSA) is 113 Å². The van der Waals surface area contributed by atoms with Crippen molar-refractivity contribution in [2.24, 2.45) is 16.6 Å². The summed E-state index contributed by atoms with van der Waals surface area (Å²) in [6.07, 6.45) is 3.56. The highest BCUT2D eigenvalue weighted by molar-refractivity contribution is 8.13. The van der Waals surface area contributed by atoms with E-state index in [-0.39, 0.29) is 23.5 Å². The Kier molecular flexibility index (Phi) is 5.94. The number of amidine groups is 1. The van der Waals surface area contributed by atoms with E-state index in [4.69, 9.17) is 20.7 Å². The molecule has 0 saturated heterocycles. The molecule has 1 amide bonds. The molecule has 160 valence electrons. The number of thioether (sulfide) groups is 1. The molecular formula is C22H22FN5O2S. The second kappa shape index (κ2) is 8.65. The zero-order chi connectivity index (χ0) is 22.0. The highest BCUT2D eigenvalue weighted by Crippen LogP contribution is 2.50. The molecule has 31 heavy (non-hydrogen) atoms. The summed E-state index contributed by atoms with van der Waals surface area (Å²) >= 11 is 1.49. The standard InChI is InChI=1S/C22H22FN5O2S/c1-30-16-5-3-14-12-31-21(25)28-22(14,9-16)17-8-15(4-6-18(17)23)27-20(29)19-7-2-13(10-24)11-26-19/h2,4,6-8,11,14,16H,3,5,9,12H2,1H3,(H2,25,28)(H,27,29)/t14-,16-,22-/m0/s1. The summed E-state index contributed by atoms with van der Waals surface area (Å²) in [7, 11) is 1.65. The number of fused-ring (bicyclic) bond motifs is 1. The SMILES string of the molecule is CO[C@H]1CC[C@H]2CSC(N)=N[C@@]2(c2cc(NC(=O)c3ccc(C#N)cn3)ccc2F)C1. The van der Waals surface area contributed by atoms with Crippen molar-refractivity contribution in [2.75, 3.05) is 18.2 Å². The second-order valence-corrected chi connectivity index (χ2v) is 8.75. The third kappa shape index (κ3) is 4.13. The van der Waals surface area contributed by atoms with Gasteiger partial charge in [0, 0.05) is 36.7 Å². The van der Waals surface area contributed by atoms with E-state index in [0.29, 0.717) is 28.4 Å². The average molecular weight is 440 g/mol. The zero-order valence-electron chi connectivity index (χ0n) is 17.0. The quantitative estimate of drug-likeness (QED) is 0.755. The number of carbonyl (C=O) groups is 1. The van der Waals surface area contributed by atoms with Gasteiger partial charge < -0.3 is 15.8 Å². The molecular weight excluding hydrogens is 417 g/mol. The highest BCUT2D eigenvalue weighted by atomic mass is 32.2. The van der Waals surface area contributed by atoms with Crippen LogP contribution in [-0.2, 0) is 10.3 Å². The fourth-order valence-corrected chi connectivity index (χ4v) is 5.37. The number of rotatable bonds is 4. The summed E-state index contributed by atoms with van der Waals surface area (Å²) < 4.78 is 20.7. The molecule has 4 rings (SSSR count). The molecule has 1 aromatic heterocycles. The Labute approximate surface area is 183 Å². The maximum atomic E-state index is 15.1. The number of halogens is 1. The Morgan fingerprint density at radius 2 is 2.23 bits per heavy atom. The molecule has 0 spiro atoms. The zero-order valence-corrected chi connectivity index (χ0v) is 17.8. The van der Waals surface area contributed by atoms with Crippen molar-refractivity contribution in [2.45, 2.75) is 30.9 Å². The highest BCUT2D eigenvalue weighted by Gasteiger charge is 2.49. The lowest BCUT2D eigenvalue weighted by molar-refractivity contribution is 0.0193. The van der Waals surface area contributed by atoms with Gasteiger partial charge in [0.15, 0.2) is 5.17 Å². The molecule has 2 aliphatic rings. The van der Waals surface area contributed by atoms with E-state index >= 15 is 4.39 Å². The van der Waals surface area contributed by atoms with Gasteiger partial charge in [-0.1, -0.05) is 11.8 Å². The number of nitrogens with one attached hydrogen (secondary N) is 1. The number of nitrogens with two attached hydrogens (primary N) is 1. The van der Waals surface area contributed by atoms with Gasteiger partial charge in [0.1, 0.15) is 17.6 Å². The summed E-state index contributed by atoms with van der Waals surface area (Å²) in [5.74, 6) is 0.0463. The summed E-state index contributed by atoms with van der Waals surface area (Å²) in [6, 6.07) is 9.43. The van der Waals surface area contributed by atoms with Crippen LogP contribution in [0.15, 0.2) is 41.5 Å². The number of hydrogen-bond donors (Lipinski definition) is 2. The predicted molar refractivity (Wildman–Crippen MR) is 117 cm³/mol. The van der Waals surface area contributed by atoms with Gasteiger partial charge in [-0.25, -0.2) is 9.37 Å². The van der Waals surface area contributed by atoms with Crippen LogP contribution in [0, 0.1) is 23.1 Å². The fourth-order valence-electron chi connectivity index (χ4n) is 4.33. The van der Waals surface area contributed by atoms with Crippen molar-refractivity contribution in [1.29, 1.82) is 5.26 Å². The molecule has 9 heteroatoms. The first-order valence-electron chi connectivity index (χ1n) is 9.93. The van der Waals surface area contributed by atoms with Crippen LogP contribution >= 0.6 is 11.8 Å². The number of aliphatic imine (C=N–C) groups is 1. The monoisotopic (exact) mass is 439 g/mol. The molecule has 1 aliphatic heterocycles. The molecule has 3 atom stereocenters. The van der Waals surface area contributed by atoms with Gasteiger partial charge >= 0.3 is 0 Å². The van der Waals surface area contributed by atoms with Gasteiger partial charge in [0.05, 0.1) is 17.2 Å². The van der Waals surface area contributed by atoms with Crippen LogP contribution in [0.2, 0.25) is 0 Å². The first-order chi connectivity index (χ1) is 14.9. The van der Waals surface area contributed by atoms with Gasteiger partial charge in [-0.2, -0.15) is 5.26 Å². The van der Waals surface area contributed by atoms with E-state index in [9.17, 15) is 4.79 Å². The molecule has 1 aromatic carbocycles. The lowest BCUT2D eigenvalue weighted by Crippen LogP contribution is -2.47. The van der Waals surface area contributed by atoms with Crippen LogP contribution in [0.3, 0.4) is 0 Å². The van der Waals surface area contributed by atoms with Crippen molar-refractivity contribution >= 4 is 28.5 Å². The van der Waals surface area contributed by atoms with Crippen LogP contribution in [0.25, 0.3) is 0 Å². The molecule has 3 N–H and O–H groups in total. The lowest BCUT2D eigenvalue weighted by atomic mass is 9.68. The third-order valence-electron chi connectivity index (χ3n) is 5.94. The van der Waals surface area contributed by atoms with E-state index < -0.39 is 11.4 Å². The first-order valence-corrected chi connectivity index (χ1v) is 10.9. The van der Waals surface area contributed by atoms with Gasteiger partial charge in [0.25, 0.3) is 5.91 Å². The summed E-state index contributed by atoms with van der Waals surface area (Å²) in [5.41, 5.74) is 6.61. The minimum absolute atomic E-state index is 0.0450. The van der Waals surface area contributed by atoms with Crippen molar-refractivity contribution in [3.05, 3.63) is 59.2 Å². The molecule has 2 aromatic rings. The number of pyridine rings is 1. The van der Waals surface area contributed by atoms with Crippen LogP contribution in [0.5, 0.6) is 0 Å². The van der Waals surface area contributed by atoms with E-state index in [0.717, 1.165) is 18.6 Å². The summed E-state index contributed by atoms with van der Waals surface area (Å²) in [6.45, 7) is 0. The Bertz CT molecular complexity index is 1070. The minimum atomic E-state index is -0.828. The number of aromatic nitrogens is 1. The molecule has 0 bridgehead atoms. The van der Waals surface area contributed by atoms with Crippen molar-refractivity contribution in [3.63, 3.8) is 0 Å². The van der Waals surface area contributed by atoms with Crippen LogP contribution < -0.4 is 11.1 Å². The Balaban J connectivity index is 1.68. The van der Waals surface area contributed by atoms with Gasteiger partial charge in [-0.15, -0.1) is 0 Å². The van der Waals surface area contributed by atoms with E-state index in [1.165, 1.54) is 42.2 Å². The number of hydrogen-bond acceptors (Lipinski definition) is 7. The van der Waals surface area contributed by atoms with E-state index in [1.54, 1.807) is 13.2 Å². The molecule has 0 unspecified atom stereocenters. The normalized spacial score (nSPS) is 25.1. The largest absolute Gasteiger partial charge is 0.381 e. The smallest absolute Gasteiger partial charge is 0.274 e. The van der Waals surface area contributed by atoms with Crippen molar-refractivity contribution in [3.8, 4) is 6.07 Å². The molecule has 1 aliphatic carbocycles. The third-order valence-corrected chi connectivity index (χ3v) is 6.90. The van der Waals surface area contributed by atoms with Crippen molar-refractivity contribution in [1.82, 2.24) is 4.98 Å². The molecule has 1 saturated carbocycles. The Hall–Kier alpha value is -2.96. The number of nitriles is 1. The average Bonchev–Trinajstić information content (AvgIpc) is 2.79. The Morgan fingerprint density at radius 3 is 2.94 bits per heavy atom. The number of nitrogens with zero attached hydrogens (tertiary/aromatic N) is 3. The number of methoxy groups -OCH3 is 1. The van der Waals surface area contributed by atoms with E-state index in [2.05, 4.69) is 10.3 Å². The second-order valence-electron chi connectivity index (χ2n) is 7.71. The maximum Gasteiger partial charge on any atom is 0.274 e. The molecule has 1 fully saturated rings. The predicted octanol–water partition coefficient (Wildman–Crippen LogP) is 3.42. The van der Waals surface area contributed by atoms with Crippen LogP contribution in [0.1, 0.15) is 40.9 Å². The summed E-state index contributed by atoms with van der Waals surface area (Å²) in [4.78, 5) is 21.3. The van der Waals surface area contributed by atoms with Crippen LogP contribution in [-0.4, -0.2) is 35.0 Å². The first kappa shape index (κ1) is 21.3. The fraction of sp³-hybridized carbons (Fsp3) is 0.364. The van der Waals surface area contributed by atoms with Gasteiger partial charge in [-0.3, -0.25) is 9.79 Å². The summed E-state index contributed by atoms with van der Waals surface area (Å²) in [5, 5.41) is 12.1. The number of amides is 1. The lowest BCUT2D eigenvalue weighted by Gasteiger charge is -2.46. The number of carbonyl (C=O) groups excluding carboxylic acids is 1. The molecule has 2 heterocycles. The minimum Gasteiger partial charge on any atom is -0.381 e. The van der Waals surface area contributed by atoms with E-state index in [1.807, 2.05) is 6.07 Å². The van der Waals surface area contributed by atoms with Crippen molar-refractivity contribution < 1.29 is 13.9 Å². The molecule has 0 radical (unpaired) electrons. The number of ether oxygens (including phenoxy) is 1.